The average Bonchev–Trinajstić information content (AvgIpc) is 3.17. The van der Waals surface area contributed by atoms with Crippen molar-refractivity contribution in [1.82, 2.24) is 14.5 Å². The minimum absolute atomic E-state index is 0.193. The van der Waals surface area contributed by atoms with Gasteiger partial charge in [-0.05, 0) is 31.0 Å². The fraction of sp³-hybridized carbons (Fsp3) is 0.238. The monoisotopic (exact) mass is 397 g/mol. The van der Waals surface area contributed by atoms with Crippen molar-refractivity contribution < 1.29 is 24.6 Å². The fourth-order valence-electron chi connectivity index (χ4n) is 2.89. The Balaban J connectivity index is 0.000000321. The summed E-state index contributed by atoms with van der Waals surface area (Å²) in [6.07, 6.45) is 5.65. The third-order valence-corrected chi connectivity index (χ3v) is 4.28. The molecule has 0 bridgehead atoms. The van der Waals surface area contributed by atoms with Crippen LogP contribution in [0.3, 0.4) is 0 Å². The number of carboxylic acid groups (broad SMARTS) is 2. The number of hydrogen-bond acceptors (Lipinski definition) is 4. The number of aromatic nitrogens is 3. The van der Waals surface area contributed by atoms with Gasteiger partial charge in [0.2, 0.25) is 0 Å². The molecule has 3 rings (SSSR count). The highest BCUT2D eigenvalue weighted by molar-refractivity contribution is 5.91. The number of hydrogen-bond donors (Lipinski definition) is 3. The first-order chi connectivity index (χ1) is 13.7. The van der Waals surface area contributed by atoms with Gasteiger partial charge >= 0.3 is 11.9 Å². The van der Waals surface area contributed by atoms with Crippen LogP contribution < -0.4 is 0 Å². The Morgan fingerprint density at radius 2 is 1.76 bits per heavy atom. The number of H-pyrrole nitrogens is 1. The molecule has 0 unspecified atom stereocenters. The second-order valence-corrected chi connectivity index (χ2v) is 6.66. The Morgan fingerprint density at radius 3 is 2.31 bits per heavy atom. The number of aromatic amines is 1. The van der Waals surface area contributed by atoms with E-state index in [1.807, 2.05) is 14.0 Å². The van der Waals surface area contributed by atoms with Gasteiger partial charge in [-0.1, -0.05) is 12.1 Å². The van der Waals surface area contributed by atoms with E-state index in [0.717, 1.165) is 22.3 Å². The highest BCUT2D eigenvalue weighted by Crippen LogP contribution is 2.22. The molecule has 0 amide bonds. The summed E-state index contributed by atoms with van der Waals surface area (Å²) in [7, 11) is 2.02. The standard InChI is InChI=1S/C17H19N3O.C4H4O4/c1-11-4-5-15-13(9-20(3)17(15)6-11)7-14(21)8-16-12(2)18-10-19-16;5-3(6)1-2-4(7)8/h4-6,9-10H,7-8H2,1-3H3,(H,18,19);1-2H,(H,5,6)(H,7,8)/b;2-1-. The van der Waals surface area contributed by atoms with E-state index in [1.165, 1.54) is 11.1 Å². The van der Waals surface area contributed by atoms with Crippen molar-refractivity contribution in [2.75, 3.05) is 0 Å². The van der Waals surface area contributed by atoms with E-state index >= 15 is 0 Å². The van der Waals surface area contributed by atoms with Crippen LogP contribution in [0.5, 0.6) is 0 Å². The lowest BCUT2D eigenvalue weighted by molar-refractivity contribution is -0.134. The smallest absolute Gasteiger partial charge is 0.328 e. The van der Waals surface area contributed by atoms with Crippen LogP contribution in [0.2, 0.25) is 0 Å². The molecule has 0 atom stereocenters. The molecule has 0 spiro atoms. The van der Waals surface area contributed by atoms with Crippen molar-refractivity contribution in [3.05, 3.63) is 65.4 Å². The van der Waals surface area contributed by atoms with Gasteiger partial charge in [-0.25, -0.2) is 14.6 Å². The number of benzene rings is 1. The number of rotatable bonds is 6. The molecule has 3 N–H and O–H groups in total. The molecule has 2 heterocycles. The number of aliphatic carboxylic acids is 2. The van der Waals surface area contributed by atoms with Crippen LogP contribution >= 0.6 is 0 Å². The number of nitrogens with one attached hydrogen (secondary N) is 1. The molecule has 1 aromatic carbocycles. The third-order valence-electron chi connectivity index (χ3n) is 4.28. The van der Waals surface area contributed by atoms with Crippen LogP contribution in [0.4, 0.5) is 0 Å². The van der Waals surface area contributed by atoms with Crippen LogP contribution in [-0.4, -0.2) is 42.5 Å². The molecule has 8 heteroatoms. The molecule has 29 heavy (non-hydrogen) atoms. The van der Waals surface area contributed by atoms with E-state index in [0.29, 0.717) is 25.0 Å². The number of carbonyl (C=O) groups is 3. The molecule has 0 fully saturated rings. The zero-order chi connectivity index (χ0) is 21.6. The van der Waals surface area contributed by atoms with E-state index in [4.69, 9.17) is 10.2 Å². The summed E-state index contributed by atoms with van der Waals surface area (Å²) < 4.78 is 2.09. The Morgan fingerprint density at radius 1 is 1.10 bits per heavy atom. The average molecular weight is 397 g/mol. The largest absolute Gasteiger partial charge is 0.478 e. The summed E-state index contributed by atoms with van der Waals surface area (Å²) in [5, 5.41) is 16.8. The highest BCUT2D eigenvalue weighted by atomic mass is 16.4. The van der Waals surface area contributed by atoms with Crippen LogP contribution in [0.25, 0.3) is 10.9 Å². The number of nitrogens with zero attached hydrogens (tertiary/aromatic N) is 2. The second-order valence-electron chi connectivity index (χ2n) is 6.66. The first-order valence-corrected chi connectivity index (χ1v) is 8.86. The number of carboxylic acids is 2. The zero-order valence-corrected chi connectivity index (χ0v) is 16.5. The number of imidazole rings is 1. The highest BCUT2D eigenvalue weighted by Gasteiger charge is 2.13. The van der Waals surface area contributed by atoms with Gasteiger partial charge in [0, 0.05) is 48.4 Å². The summed E-state index contributed by atoms with van der Waals surface area (Å²) in [5.41, 5.74) is 5.31. The molecule has 0 aliphatic heterocycles. The fourth-order valence-corrected chi connectivity index (χ4v) is 2.89. The number of aryl methyl sites for hydroxylation is 3. The van der Waals surface area contributed by atoms with Gasteiger partial charge in [0.15, 0.2) is 0 Å². The van der Waals surface area contributed by atoms with Gasteiger partial charge in [-0.15, -0.1) is 0 Å². The molecular formula is C21H23N3O5. The lowest BCUT2D eigenvalue weighted by atomic mass is 10.0. The van der Waals surface area contributed by atoms with Crippen molar-refractivity contribution in [2.45, 2.75) is 26.7 Å². The second kappa shape index (κ2) is 9.50. The van der Waals surface area contributed by atoms with Gasteiger partial charge < -0.3 is 19.8 Å². The van der Waals surface area contributed by atoms with Gasteiger partial charge in [-0.3, -0.25) is 4.79 Å². The maximum Gasteiger partial charge on any atom is 0.328 e. The Bertz CT molecular complexity index is 1060. The predicted octanol–water partition coefficient (Wildman–Crippen LogP) is 2.58. The van der Waals surface area contributed by atoms with Crippen LogP contribution in [0.1, 0.15) is 22.5 Å². The van der Waals surface area contributed by atoms with Gasteiger partial charge in [0.1, 0.15) is 5.78 Å². The molecule has 0 saturated carbocycles. The molecule has 8 nitrogen and oxygen atoms in total. The summed E-state index contributed by atoms with van der Waals surface area (Å²) in [5.74, 6) is -2.32. The van der Waals surface area contributed by atoms with E-state index in [2.05, 4.69) is 45.9 Å². The van der Waals surface area contributed by atoms with Gasteiger partial charge in [0.25, 0.3) is 0 Å². The predicted molar refractivity (Wildman–Crippen MR) is 108 cm³/mol. The molecule has 0 aliphatic carbocycles. The summed E-state index contributed by atoms with van der Waals surface area (Å²) in [6, 6.07) is 6.35. The third kappa shape index (κ3) is 6.17. The van der Waals surface area contributed by atoms with E-state index in [-0.39, 0.29) is 5.78 Å². The molecule has 3 aromatic rings. The number of Topliss-reactive ketones (excluding diaryl/α,β-unsaturated/α-hetero) is 1. The molecule has 152 valence electrons. The minimum Gasteiger partial charge on any atom is -0.478 e. The Labute approximate surface area is 167 Å². The van der Waals surface area contributed by atoms with Crippen molar-refractivity contribution >= 4 is 28.6 Å². The summed E-state index contributed by atoms with van der Waals surface area (Å²) in [6.45, 7) is 4.02. The minimum atomic E-state index is -1.26. The Hall–Kier alpha value is -3.68. The number of ketones is 1. The lowest BCUT2D eigenvalue weighted by Gasteiger charge is -2.00. The van der Waals surface area contributed by atoms with Crippen LogP contribution in [-0.2, 0) is 34.3 Å². The maximum atomic E-state index is 12.3. The van der Waals surface area contributed by atoms with Crippen molar-refractivity contribution in [3.63, 3.8) is 0 Å². The zero-order valence-electron chi connectivity index (χ0n) is 16.5. The number of fused-ring (bicyclic) bond motifs is 1. The topological polar surface area (TPSA) is 125 Å². The van der Waals surface area contributed by atoms with Crippen molar-refractivity contribution in [3.8, 4) is 0 Å². The van der Waals surface area contributed by atoms with Crippen molar-refractivity contribution in [1.29, 1.82) is 0 Å². The first kappa shape index (κ1) is 21.6. The van der Waals surface area contributed by atoms with E-state index in [1.54, 1.807) is 6.33 Å². The number of carbonyl (C=O) groups excluding carboxylic acids is 1. The van der Waals surface area contributed by atoms with Crippen LogP contribution in [0, 0.1) is 13.8 Å². The SMILES string of the molecule is Cc1ccc2c(CC(=O)Cc3nc[nH]c3C)cn(C)c2c1.O=C(O)/C=C\C(=O)O. The molecule has 0 radical (unpaired) electrons. The molecular weight excluding hydrogens is 374 g/mol. The normalized spacial score (nSPS) is 10.7. The quantitative estimate of drug-likeness (QED) is 0.549. The molecule has 0 aliphatic rings. The van der Waals surface area contributed by atoms with Crippen molar-refractivity contribution in [2.24, 2.45) is 7.05 Å². The van der Waals surface area contributed by atoms with E-state index < -0.39 is 11.9 Å². The summed E-state index contributed by atoms with van der Waals surface area (Å²) >= 11 is 0. The summed E-state index contributed by atoms with van der Waals surface area (Å²) in [4.78, 5) is 38.6. The molecule has 2 aromatic heterocycles. The van der Waals surface area contributed by atoms with Gasteiger partial charge in [-0.2, -0.15) is 0 Å². The Kier molecular flexibility index (Phi) is 7.08. The molecule has 0 saturated heterocycles. The lowest BCUT2D eigenvalue weighted by Crippen LogP contribution is -2.07. The maximum absolute atomic E-state index is 12.3. The first-order valence-electron chi connectivity index (χ1n) is 8.86. The van der Waals surface area contributed by atoms with Gasteiger partial charge in [0.05, 0.1) is 18.4 Å². The van der Waals surface area contributed by atoms with E-state index in [9.17, 15) is 14.4 Å². The van der Waals surface area contributed by atoms with Crippen LogP contribution in [0.15, 0.2) is 42.9 Å².